The molecule has 0 aliphatic carbocycles. The van der Waals surface area contributed by atoms with Gasteiger partial charge in [0.1, 0.15) is 0 Å². The highest BCUT2D eigenvalue weighted by molar-refractivity contribution is 6.33. The molecule has 2 heterocycles. The summed E-state index contributed by atoms with van der Waals surface area (Å²) < 4.78 is 0. The number of carbonyl (C=O) groups excluding carboxylic acids is 1. The Morgan fingerprint density at radius 2 is 1.90 bits per heavy atom. The zero-order valence-corrected chi connectivity index (χ0v) is 23.4. The maximum absolute atomic E-state index is 12.2. The molecule has 1 atom stereocenters. The molecule has 0 bridgehead atoms. The number of nitrogens with one attached hydrogen (secondary N) is 4. The van der Waals surface area contributed by atoms with Crippen LogP contribution in [0.25, 0.3) is 22.2 Å². The molecule has 0 spiro atoms. The molecule has 0 radical (unpaired) electrons. The number of benzene rings is 3. The number of carbonyl (C=O) groups is 1. The number of likely N-dealkylation sites (N-methyl/N-ethyl adjacent to an activating group) is 1. The molecule has 0 aliphatic heterocycles. The first-order valence-electron chi connectivity index (χ1n) is 13.0. The van der Waals surface area contributed by atoms with Crippen molar-refractivity contribution in [2.75, 3.05) is 29.5 Å². The molecule has 5 rings (SSSR count). The van der Waals surface area contributed by atoms with Crippen molar-refractivity contribution in [2.24, 2.45) is 0 Å². The van der Waals surface area contributed by atoms with Crippen LogP contribution in [0.1, 0.15) is 11.8 Å². The molecule has 0 saturated heterocycles. The molecule has 42 heavy (non-hydrogen) atoms. The SMILES string of the molecule is C#CN(C)C/C=C/C(=O)Nc1cccc(C(O)Nc2cccc(Nc3ncc(Cl)c(-c4c[nH]c5ccccc45)n3)c2)c1. The Hall–Kier alpha value is -5.30. The van der Waals surface area contributed by atoms with Crippen molar-refractivity contribution in [2.45, 2.75) is 6.23 Å². The molecule has 10 heteroatoms. The van der Waals surface area contributed by atoms with Crippen LogP contribution in [0.2, 0.25) is 5.02 Å². The molecule has 1 amide bonds. The number of hydrogen-bond donors (Lipinski definition) is 5. The predicted molar refractivity (Wildman–Crippen MR) is 168 cm³/mol. The number of anilines is 4. The Kier molecular flexibility index (Phi) is 8.68. The average molecular weight is 578 g/mol. The van der Waals surface area contributed by atoms with E-state index in [1.807, 2.05) is 54.7 Å². The maximum Gasteiger partial charge on any atom is 0.248 e. The van der Waals surface area contributed by atoms with Gasteiger partial charge < -0.3 is 30.9 Å². The van der Waals surface area contributed by atoms with Gasteiger partial charge in [0.25, 0.3) is 0 Å². The fraction of sp³-hybridized carbons (Fsp3) is 0.0938. The first-order chi connectivity index (χ1) is 20.4. The van der Waals surface area contributed by atoms with Gasteiger partial charge in [-0.15, -0.1) is 0 Å². The number of aromatic amines is 1. The van der Waals surface area contributed by atoms with Gasteiger partial charge in [-0.3, -0.25) is 4.79 Å². The number of rotatable bonds is 10. The number of aliphatic hydroxyl groups excluding tert-OH is 1. The zero-order valence-electron chi connectivity index (χ0n) is 22.7. The smallest absolute Gasteiger partial charge is 0.248 e. The minimum Gasteiger partial charge on any atom is -0.369 e. The van der Waals surface area contributed by atoms with E-state index in [2.05, 4.69) is 36.9 Å². The van der Waals surface area contributed by atoms with Gasteiger partial charge in [0.05, 0.1) is 16.9 Å². The lowest BCUT2D eigenvalue weighted by Crippen LogP contribution is -2.13. The summed E-state index contributed by atoms with van der Waals surface area (Å²) in [6.45, 7) is 0.454. The van der Waals surface area contributed by atoms with Gasteiger partial charge in [-0.2, -0.15) is 0 Å². The second kappa shape index (κ2) is 12.9. The van der Waals surface area contributed by atoms with Gasteiger partial charge in [0.15, 0.2) is 6.23 Å². The van der Waals surface area contributed by atoms with E-state index in [4.69, 9.17) is 18.0 Å². The van der Waals surface area contributed by atoms with Crippen molar-refractivity contribution >= 4 is 51.4 Å². The van der Waals surface area contributed by atoms with Crippen molar-refractivity contribution in [3.8, 4) is 23.7 Å². The number of amides is 1. The van der Waals surface area contributed by atoms with Crippen molar-refractivity contribution in [1.29, 1.82) is 0 Å². The van der Waals surface area contributed by atoms with Crippen molar-refractivity contribution < 1.29 is 9.90 Å². The van der Waals surface area contributed by atoms with E-state index >= 15 is 0 Å². The fourth-order valence-electron chi connectivity index (χ4n) is 4.28. The molecular weight excluding hydrogens is 550 g/mol. The van der Waals surface area contributed by atoms with E-state index in [9.17, 15) is 9.90 Å². The van der Waals surface area contributed by atoms with Gasteiger partial charge in [0.2, 0.25) is 11.9 Å². The normalized spacial score (nSPS) is 11.7. The quantitative estimate of drug-likeness (QED) is 0.0585. The third kappa shape index (κ3) is 6.88. The van der Waals surface area contributed by atoms with E-state index in [0.717, 1.165) is 16.5 Å². The summed E-state index contributed by atoms with van der Waals surface area (Å²) >= 11 is 6.47. The Morgan fingerprint density at radius 3 is 2.76 bits per heavy atom. The van der Waals surface area contributed by atoms with E-state index < -0.39 is 6.23 Å². The minimum atomic E-state index is -1.03. The molecule has 9 nitrogen and oxygen atoms in total. The molecule has 3 aromatic carbocycles. The highest BCUT2D eigenvalue weighted by Crippen LogP contribution is 2.33. The molecule has 1 unspecified atom stereocenters. The number of hydrogen-bond acceptors (Lipinski definition) is 7. The maximum atomic E-state index is 12.2. The molecule has 5 aromatic rings. The minimum absolute atomic E-state index is 0.295. The number of H-pyrrole nitrogens is 1. The number of fused-ring (bicyclic) bond motifs is 1. The van der Waals surface area contributed by atoms with Crippen LogP contribution in [0.15, 0.2) is 97.3 Å². The topological polar surface area (TPSA) is 118 Å². The van der Waals surface area contributed by atoms with Crippen LogP contribution >= 0.6 is 11.6 Å². The van der Waals surface area contributed by atoms with E-state index in [1.165, 1.54) is 6.08 Å². The highest BCUT2D eigenvalue weighted by Gasteiger charge is 2.14. The summed E-state index contributed by atoms with van der Waals surface area (Å²) in [4.78, 5) is 26.1. The van der Waals surface area contributed by atoms with Crippen LogP contribution in [-0.4, -0.2) is 44.5 Å². The number of halogens is 1. The summed E-state index contributed by atoms with van der Waals surface area (Å²) in [5.41, 5.74) is 4.98. The van der Waals surface area contributed by atoms with Gasteiger partial charge in [-0.05, 0) is 36.4 Å². The van der Waals surface area contributed by atoms with Crippen LogP contribution in [-0.2, 0) is 4.79 Å². The number of aliphatic hydroxyl groups is 1. The summed E-state index contributed by atoms with van der Waals surface area (Å²) in [6.07, 6.45) is 10.8. The fourth-order valence-corrected chi connectivity index (χ4v) is 4.47. The average Bonchev–Trinajstić information content (AvgIpc) is 3.42. The molecule has 210 valence electrons. The third-order valence-electron chi connectivity index (χ3n) is 6.35. The highest BCUT2D eigenvalue weighted by atomic mass is 35.5. The lowest BCUT2D eigenvalue weighted by atomic mass is 10.1. The Bertz CT molecular complexity index is 1790. The Labute approximate surface area is 248 Å². The lowest BCUT2D eigenvalue weighted by Gasteiger charge is -2.16. The van der Waals surface area contributed by atoms with Gasteiger partial charge in [-0.25, -0.2) is 9.97 Å². The zero-order chi connectivity index (χ0) is 29.5. The van der Waals surface area contributed by atoms with Crippen molar-refractivity contribution in [1.82, 2.24) is 19.9 Å². The van der Waals surface area contributed by atoms with Crippen molar-refractivity contribution in [3.05, 3.63) is 108 Å². The number of terminal acetylenes is 1. The second-order valence-electron chi connectivity index (χ2n) is 9.42. The van der Waals surface area contributed by atoms with Gasteiger partial charge >= 0.3 is 0 Å². The third-order valence-corrected chi connectivity index (χ3v) is 6.63. The number of nitrogens with zero attached hydrogens (tertiary/aromatic N) is 3. The van der Waals surface area contributed by atoms with E-state index in [1.54, 1.807) is 48.5 Å². The van der Waals surface area contributed by atoms with Gasteiger partial charge in [0, 0.05) is 71.0 Å². The van der Waals surface area contributed by atoms with Gasteiger partial charge in [-0.1, -0.05) is 60.5 Å². The summed E-state index contributed by atoms with van der Waals surface area (Å²) in [5, 5.41) is 21.4. The molecule has 0 fully saturated rings. The molecular formula is C32H28ClN7O2. The van der Waals surface area contributed by atoms with Crippen LogP contribution in [0, 0.1) is 12.5 Å². The Morgan fingerprint density at radius 1 is 1.12 bits per heavy atom. The summed E-state index contributed by atoms with van der Waals surface area (Å²) in [7, 11) is 1.75. The second-order valence-corrected chi connectivity index (χ2v) is 9.82. The molecule has 2 aromatic heterocycles. The predicted octanol–water partition coefficient (Wildman–Crippen LogP) is 6.14. The van der Waals surface area contributed by atoms with Crippen LogP contribution in [0.4, 0.5) is 23.0 Å². The van der Waals surface area contributed by atoms with Crippen LogP contribution < -0.4 is 16.0 Å². The molecule has 0 aliphatic rings. The molecule has 0 saturated carbocycles. The van der Waals surface area contributed by atoms with Crippen LogP contribution in [0.3, 0.4) is 0 Å². The summed E-state index contributed by atoms with van der Waals surface area (Å²) in [5.74, 6) is 0.0804. The number of aromatic nitrogens is 3. The first-order valence-corrected chi connectivity index (χ1v) is 13.4. The standard InChI is InChI=1S/C32H28ClN7O2/c1-3-40(2)16-8-15-29(41)36-22-10-6-9-21(17-22)31(42)37-23-11-7-12-24(18-23)38-32-35-20-27(33)30(39-32)26-19-34-28-14-5-4-13-25(26)28/h1,4-15,17-20,31,34,37,42H,16H2,2H3,(H,36,41)(H,35,38,39)/b15-8+. The van der Waals surface area contributed by atoms with Crippen molar-refractivity contribution in [3.63, 3.8) is 0 Å². The lowest BCUT2D eigenvalue weighted by molar-refractivity contribution is -0.111. The van der Waals surface area contributed by atoms with E-state index in [0.29, 0.717) is 45.8 Å². The van der Waals surface area contributed by atoms with Crippen LogP contribution in [0.5, 0.6) is 0 Å². The van der Waals surface area contributed by atoms with E-state index in [-0.39, 0.29) is 5.91 Å². The monoisotopic (exact) mass is 577 g/mol. The largest absolute Gasteiger partial charge is 0.369 e. The Balaban J connectivity index is 1.26. The molecule has 5 N–H and O–H groups in total. The first kappa shape index (κ1) is 28.2. The summed E-state index contributed by atoms with van der Waals surface area (Å²) in [6, 6.07) is 24.7. The number of para-hydroxylation sites is 1.